The summed E-state index contributed by atoms with van der Waals surface area (Å²) in [6.07, 6.45) is 17.2. The predicted molar refractivity (Wildman–Crippen MR) is 92.0 cm³/mol. The van der Waals surface area contributed by atoms with Crippen LogP contribution in [-0.4, -0.2) is 18.0 Å². The van der Waals surface area contributed by atoms with Crippen molar-refractivity contribution >= 4 is 17.6 Å². The van der Waals surface area contributed by atoms with Crippen LogP contribution in [0.5, 0.6) is 0 Å². The molecule has 126 valence electrons. The summed E-state index contributed by atoms with van der Waals surface area (Å²) in [5, 5.41) is -0.0166. The molecule has 0 spiro atoms. The van der Waals surface area contributed by atoms with Gasteiger partial charge in [-0.05, 0) is 6.42 Å². The largest absolute Gasteiger partial charge is 0.464 e. The van der Waals surface area contributed by atoms with Crippen LogP contribution in [0, 0.1) is 0 Å². The average molecular weight is 319 g/mol. The monoisotopic (exact) mass is 318 g/mol. The fourth-order valence-electron chi connectivity index (χ4n) is 2.50. The van der Waals surface area contributed by atoms with E-state index in [0.717, 1.165) is 12.8 Å². The van der Waals surface area contributed by atoms with Crippen LogP contribution in [0.4, 0.5) is 0 Å². The lowest BCUT2D eigenvalue weighted by Crippen LogP contribution is -2.11. The first kappa shape index (κ1) is 20.8. The molecule has 0 N–H and O–H groups in total. The molecular weight excluding hydrogens is 284 g/mol. The maximum Gasteiger partial charge on any atom is 0.302 e. The summed E-state index contributed by atoms with van der Waals surface area (Å²) in [6.45, 7) is 4.05. The number of hydrogen-bond acceptors (Lipinski definition) is 2. The second-order valence-electron chi connectivity index (χ2n) is 6.08. The Kier molecular flexibility index (Phi) is 16.0. The first-order valence-electron chi connectivity index (χ1n) is 8.94. The zero-order valence-corrected chi connectivity index (χ0v) is 14.9. The highest BCUT2D eigenvalue weighted by Gasteiger charge is 2.06. The molecule has 2 nitrogen and oxygen atoms in total. The molecule has 0 fully saturated rings. The Bertz CT molecular complexity index is 231. The summed E-state index contributed by atoms with van der Waals surface area (Å²) in [5.74, 6) is -0.240. The van der Waals surface area contributed by atoms with Crippen molar-refractivity contribution in [2.75, 3.05) is 6.61 Å². The van der Waals surface area contributed by atoms with Gasteiger partial charge in [0, 0.05) is 6.92 Å². The molecule has 0 aliphatic heterocycles. The van der Waals surface area contributed by atoms with Crippen molar-refractivity contribution < 1.29 is 9.53 Å². The third-order valence-electron chi connectivity index (χ3n) is 3.84. The zero-order chi connectivity index (χ0) is 15.8. The second-order valence-corrected chi connectivity index (χ2v) is 6.69. The molecule has 1 unspecified atom stereocenters. The standard InChI is InChI=1S/C18H35ClO2/c1-3-4-5-6-7-8-9-10-11-12-13-14-15-18(19)16-21-17(2)20/h18H,3-16H2,1-2H3. The van der Waals surface area contributed by atoms with Gasteiger partial charge in [-0.1, -0.05) is 84.0 Å². The molecule has 0 saturated carbocycles. The van der Waals surface area contributed by atoms with Crippen LogP contribution in [0.3, 0.4) is 0 Å². The number of carbonyl (C=O) groups is 1. The molecule has 0 aromatic rings. The van der Waals surface area contributed by atoms with E-state index in [-0.39, 0.29) is 11.3 Å². The van der Waals surface area contributed by atoms with E-state index in [1.165, 1.54) is 77.6 Å². The first-order chi connectivity index (χ1) is 10.2. The number of unbranched alkanes of at least 4 members (excludes halogenated alkanes) is 11. The predicted octanol–water partition coefficient (Wildman–Crippen LogP) is 6.25. The average Bonchev–Trinajstić information content (AvgIpc) is 2.46. The Balaban J connectivity index is 3.10. The minimum atomic E-state index is -0.240. The minimum absolute atomic E-state index is 0.0166. The number of esters is 1. The fourth-order valence-corrected chi connectivity index (χ4v) is 2.72. The van der Waals surface area contributed by atoms with E-state index < -0.39 is 0 Å². The molecule has 0 bridgehead atoms. The summed E-state index contributed by atoms with van der Waals surface area (Å²) >= 11 is 6.08. The van der Waals surface area contributed by atoms with Crippen molar-refractivity contribution in [3.05, 3.63) is 0 Å². The van der Waals surface area contributed by atoms with Gasteiger partial charge in [-0.25, -0.2) is 0 Å². The van der Waals surface area contributed by atoms with Gasteiger partial charge in [0.1, 0.15) is 6.61 Å². The van der Waals surface area contributed by atoms with E-state index >= 15 is 0 Å². The van der Waals surface area contributed by atoms with Gasteiger partial charge in [0.25, 0.3) is 0 Å². The van der Waals surface area contributed by atoms with E-state index in [0.29, 0.717) is 6.61 Å². The van der Waals surface area contributed by atoms with Gasteiger partial charge in [-0.2, -0.15) is 0 Å². The Morgan fingerprint density at radius 2 is 1.29 bits per heavy atom. The molecule has 1 atom stereocenters. The molecule has 0 radical (unpaired) electrons. The smallest absolute Gasteiger partial charge is 0.302 e. The number of hydrogen-bond donors (Lipinski definition) is 0. The highest BCUT2D eigenvalue weighted by molar-refractivity contribution is 6.20. The second kappa shape index (κ2) is 16.1. The molecular formula is C18H35ClO2. The lowest BCUT2D eigenvalue weighted by Gasteiger charge is -2.09. The van der Waals surface area contributed by atoms with Crippen LogP contribution in [0.1, 0.15) is 97.3 Å². The lowest BCUT2D eigenvalue weighted by molar-refractivity contribution is -0.140. The highest BCUT2D eigenvalue weighted by atomic mass is 35.5. The summed E-state index contributed by atoms with van der Waals surface area (Å²) in [4.78, 5) is 10.6. The molecule has 0 aromatic heterocycles. The van der Waals surface area contributed by atoms with Crippen LogP contribution < -0.4 is 0 Å². The van der Waals surface area contributed by atoms with E-state index in [1.54, 1.807) is 0 Å². The number of rotatable bonds is 15. The third-order valence-corrected chi connectivity index (χ3v) is 4.18. The molecule has 21 heavy (non-hydrogen) atoms. The first-order valence-corrected chi connectivity index (χ1v) is 9.38. The van der Waals surface area contributed by atoms with Gasteiger partial charge in [-0.15, -0.1) is 11.6 Å². The van der Waals surface area contributed by atoms with Crippen molar-refractivity contribution in [3.8, 4) is 0 Å². The van der Waals surface area contributed by atoms with Gasteiger partial charge in [0.2, 0.25) is 0 Å². The molecule has 0 aromatic carbocycles. The van der Waals surface area contributed by atoms with Crippen LogP contribution in [-0.2, 0) is 9.53 Å². The van der Waals surface area contributed by atoms with Crippen molar-refractivity contribution in [1.82, 2.24) is 0 Å². The summed E-state index contributed by atoms with van der Waals surface area (Å²) < 4.78 is 4.89. The third kappa shape index (κ3) is 17.7. The number of ether oxygens (including phenoxy) is 1. The van der Waals surface area contributed by atoms with Crippen LogP contribution >= 0.6 is 11.6 Å². The van der Waals surface area contributed by atoms with Crippen LogP contribution in [0.25, 0.3) is 0 Å². The van der Waals surface area contributed by atoms with Crippen molar-refractivity contribution in [2.45, 2.75) is 103 Å². The quantitative estimate of drug-likeness (QED) is 0.203. The molecule has 3 heteroatoms. The SMILES string of the molecule is CCCCCCCCCCCCCCC(Cl)COC(C)=O. The lowest BCUT2D eigenvalue weighted by atomic mass is 10.0. The van der Waals surface area contributed by atoms with Crippen molar-refractivity contribution in [3.63, 3.8) is 0 Å². The van der Waals surface area contributed by atoms with Crippen molar-refractivity contribution in [1.29, 1.82) is 0 Å². The van der Waals surface area contributed by atoms with E-state index in [2.05, 4.69) is 6.92 Å². The van der Waals surface area contributed by atoms with Crippen molar-refractivity contribution in [2.24, 2.45) is 0 Å². The minimum Gasteiger partial charge on any atom is -0.464 e. The van der Waals surface area contributed by atoms with Crippen LogP contribution in [0.2, 0.25) is 0 Å². The maximum atomic E-state index is 10.6. The molecule has 0 aliphatic carbocycles. The summed E-state index contributed by atoms with van der Waals surface area (Å²) in [7, 11) is 0. The van der Waals surface area contributed by atoms with Gasteiger partial charge in [0.05, 0.1) is 5.38 Å². The Hall–Kier alpha value is -0.240. The normalized spacial score (nSPS) is 12.3. The van der Waals surface area contributed by atoms with E-state index in [4.69, 9.17) is 16.3 Å². The Labute approximate surface area is 137 Å². The molecule has 0 amide bonds. The van der Waals surface area contributed by atoms with Gasteiger partial charge in [-0.3, -0.25) is 4.79 Å². The number of halogens is 1. The Morgan fingerprint density at radius 3 is 1.71 bits per heavy atom. The molecule has 0 heterocycles. The molecule has 0 saturated heterocycles. The Morgan fingerprint density at radius 1 is 0.857 bits per heavy atom. The maximum absolute atomic E-state index is 10.6. The van der Waals surface area contributed by atoms with Crippen LogP contribution in [0.15, 0.2) is 0 Å². The highest BCUT2D eigenvalue weighted by Crippen LogP contribution is 2.14. The zero-order valence-electron chi connectivity index (χ0n) is 14.2. The van der Waals surface area contributed by atoms with E-state index in [1.807, 2.05) is 0 Å². The van der Waals surface area contributed by atoms with Gasteiger partial charge in [0.15, 0.2) is 0 Å². The van der Waals surface area contributed by atoms with Gasteiger partial charge < -0.3 is 4.74 Å². The van der Waals surface area contributed by atoms with E-state index in [9.17, 15) is 4.79 Å². The number of alkyl halides is 1. The number of carbonyl (C=O) groups excluding carboxylic acids is 1. The summed E-state index contributed by atoms with van der Waals surface area (Å²) in [6, 6.07) is 0. The van der Waals surface area contributed by atoms with Gasteiger partial charge >= 0.3 is 5.97 Å². The topological polar surface area (TPSA) is 26.3 Å². The molecule has 0 rings (SSSR count). The fraction of sp³-hybridized carbons (Fsp3) is 0.944. The molecule has 0 aliphatic rings. The summed E-state index contributed by atoms with van der Waals surface area (Å²) in [5.41, 5.74) is 0.